The Kier molecular flexibility index (Phi) is 6.02. The number of hydrogen-bond donors (Lipinski definition) is 1. The van der Waals surface area contributed by atoms with E-state index in [4.69, 9.17) is 20.7 Å². The molecule has 10 heteroatoms. The Balaban J connectivity index is 1.49. The van der Waals surface area contributed by atoms with Crippen molar-refractivity contribution in [3.05, 3.63) is 47.0 Å². The summed E-state index contributed by atoms with van der Waals surface area (Å²) in [7, 11) is 0. The highest BCUT2D eigenvalue weighted by Crippen LogP contribution is 2.40. The van der Waals surface area contributed by atoms with Crippen LogP contribution >= 0.6 is 0 Å². The van der Waals surface area contributed by atoms with Gasteiger partial charge in [0.2, 0.25) is 0 Å². The summed E-state index contributed by atoms with van der Waals surface area (Å²) >= 11 is 0. The zero-order valence-electron chi connectivity index (χ0n) is 18.2. The number of halogens is 1. The largest absolute Gasteiger partial charge is 0.491 e. The average Bonchev–Trinajstić information content (AvgIpc) is 3.48. The molecule has 2 N–H and O–H groups in total. The zero-order valence-corrected chi connectivity index (χ0v) is 18.2. The summed E-state index contributed by atoms with van der Waals surface area (Å²) < 4.78 is 28.6. The lowest BCUT2D eigenvalue weighted by molar-refractivity contribution is 0.0679. The summed E-state index contributed by atoms with van der Waals surface area (Å²) in [4.78, 5) is 11.6. The highest BCUT2D eigenvalue weighted by molar-refractivity contribution is 6.01. The van der Waals surface area contributed by atoms with E-state index in [9.17, 15) is 0 Å². The number of nitrogens with zero attached hydrogens (tertiary/aromatic N) is 6. The minimum Gasteiger partial charge on any atom is -0.491 e. The van der Waals surface area contributed by atoms with E-state index in [2.05, 4.69) is 24.6 Å². The van der Waals surface area contributed by atoms with Crippen LogP contribution in [0.3, 0.4) is 0 Å². The number of benzene rings is 1. The van der Waals surface area contributed by atoms with Gasteiger partial charge < -0.3 is 19.8 Å². The third kappa shape index (κ3) is 4.31. The van der Waals surface area contributed by atoms with E-state index in [1.54, 1.807) is 12.1 Å². The van der Waals surface area contributed by atoms with Crippen molar-refractivity contribution in [1.29, 1.82) is 0 Å². The smallest absolute Gasteiger partial charge is 0.146 e. The van der Waals surface area contributed by atoms with Gasteiger partial charge in [-0.3, -0.25) is 0 Å². The van der Waals surface area contributed by atoms with Crippen molar-refractivity contribution >= 4 is 16.9 Å². The van der Waals surface area contributed by atoms with Crippen LogP contribution < -0.4 is 10.5 Å². The Labute approximate surface area is 190 Å². The maximum atomic E-state index is 15.0. The molecule has 1 aliphatic heterocycles. The molecule has 33 heavy (non-hydrogen) atoms. The molecule has 3 aromatic rings. The lowest BCUT2D eigenvalue weighted by Crippen LogP contribution is -2.19. The van der Waals surface area contributed by atoms with Crippen molar-refractivity contribution < 1.29 is 13.9 Å². The molecule has 3 heterocycles. The second-order valence-electron chi connectivity index (χ2n) is 8.66. The fourth-order valence-corrected chi connectivity index (χ4v) is 4.88. The summed E-state index contributed by atoms with van der Waals surface area (Å²) in [6.45, 7) is 1.19. The molecule has 1 saturated heterocycles. The molecule has 1 aliphatic carbocycles. The van der Waals surface area contributed by atoms with Crippen LogP contribution in [0.2, 0.25) is 0 Å². The monoisotopic (exact) mass is 451 g/mol. The highest BCUT2D eigenvalue weighted by atomic mass is 19.1. The standard InChI is InChI=1S/C23H26FN7O2/c24-20-8-7-16(33-12-17-2-1-9-32-17)10-18(20)19-11-31(23-21(19)22(25)27-13-28-23)15-5-3-14(4-6-15)29-30-26/h7-8,10-11,13-15,17H,1-6,9,12H2,(H2,25,27,28). The van der Waals surface area contributed by atoms with Crippen molar-refractivity contribution in [3.8, 4) is 16.9 Å². The minimum absolute atomic E-state index is 0.0161. The minimum atomic E-state index is -0.367. The first-order chi connectivity index (χ1) is 16.1. The van der Waals surface area contributed by atoms with E-state index in [1.165, 1.54) is 12.4 Å². The summed E-state index contributed by atoms with van der Waals surface area (Å²) in [5, 5.41) is 4.49. The van der Waals surface area contributed by atoms with Gasteiger partial charge in [-0.05, 0) is 62.3 Å². The third-order valence-corrected chi connectivity index (χ3v) is 6.60. The molecule has 0 bridgehead atoms. The molecule has 2 aromatic heterocycles. The van der Waals surface area contributed by atoms with Gasteiger partial charge in [0.25, 0.3) is 0 Å². The average molecular weight is 452 g/mol. The number of azide groups is 1. The van der Waals surface area contributed by atoms with Gasteiger partial charge in [-0.25, -0.2) is 14.4 Å². The number of fused-ring (bicyclic) bond motifs is 1. The van der Waals surface area contributed by atoms with Gasteiger partial charge in [0.05, 0.1) is 11.5 Å². The number of ether oxygens (including phenoxy) is 2. The summed E-state index contributed by atoms with van der Waals surface area (Å²) in [6, 6.07) is 4.91. The van der Waals surface area contributed by atoms with Crippen molar-refractivity contribution in [1.82, 2.24) is 14.5 Å². The number of nitrogens with two attached hydrogens (primary N) is 1. The topological polar surface area (TPSA) is 124 Å². The van der Waals surface area contributed by atoms with Gasteiger partial charge in [0, 0.05) is 40.9 Å². The van der Waals surface area contributed by atoms with Crippen molar-refractivity contribution in [2.45, 2.75) is 56.7 Å². The van der Waals surface area contributed by atoms with Crippen LogP contribution in [0.15, 0.2) is 35.8 Å². The normalized spacial score (nSPS) is 22.9. The molecule has 9 nitrogen and oxygen atoms in total. The molecular weight excluding hydrogens is 425 g/mol. The van der Waals surface area contributed by atoms with E-state index in [1.807, 2.05) is 6.20 Å². The SMILES string of the molecule is [N-]=[N+]=NC1CCC(n2cc(-c3cc(OCC4CCCO4)ccc3F)c3c(N)ncnc32)CC1. The molecule has 2 fully saturated rings. The predicted molar refractivity (Wildman–Crippen MR) is 122 cm³/mol. The fraction of sp³-hybridized carbons (Fsp3) is 0.478. The maximum Gasteiger partial charge on any atom is 0.146 e. The highest BCUT2D eigenvalue weighted by Gasteiger charge is 2.26. The maximum absolute atomic E-state index is 15.0. The number of nitrogen functional groups attached to an aromatic ring is 1. The second-order valence-corrected chi connectivity index (χ2v) is 8.66. The summed E-state index contributed by atoms with van der Waals surface area (Å²) in [6.07, 6.45) is 8.69. The van der Waals surface area contributed by atoms with Gasteiger partial charge in [-0.2, -0.15) is 0 Å². The molecule has 5 rings (SSSR count). The van der Waals surface area contributed by atoms with Crippen LogP contribution in [-0.2, 0) is 4.74 Å². The van der Waals surface area contributed by atoms with E-state index >= 15 is 4.39 Å². The van der Waals surface area contributed by atoms with Crippen molar-refractivity contribution in [2.75, 3.05) is 18.9 Å². The molecule has 0 spiro atoms. The Morgan fingerprint density at radius 1 is 1.21 bits per heavy atom. The van der Waals surface area contributed by atoms with Gasteiger partial charge in [0.1, 0.15) is 36.0 Å². The third-order valence-electron chi connectivity index (χ3n) is 6.60. The number of aromatic nitrogens is 3. The van der Waals surface area contributed by atoms with Crippen LogP contribution in [0.5, 0.6) is 5.75 Å². The van der Waals surface area contributed by atoms with E-state index in [0.717, 1.165) is 45.1 Å². The number of anilines is 1. The predicted octanol–water partition coefficient (Wildman–Crippen LogP) is 5.17. The van der Waals surface area contributed by atoms with Gasteiger partial charge >= 0.3 is 0 Å². The molecule has 1 atom stereocenters. The molecule has 2 aliphatic rings. The number of rotatable bonds is 6. The molecule has 172 valence electrons. The Morgan fingerprint density at radius 3 is 2.82 bits per heavy atom. The molecule has 1 unspecified atom stereocenters. The van der Waals surface area contributed by atoms with Crippen LogP contribution in [0.4, 0.5) is 10.2 Å². The Morgan fingerprint density at radius 2 is 2.06 bits per heavy atom. The first kappa shape index (κ1) is 21.5. The lowest BCUT2D eigenvalue weighted by atomic mass is 9.91. The van der Waals surface area contributed by atoms with Crippen LogP contribution in [0.25, 0.3) is 32.6 Å². The quantitative estimate of drug-likeness (QED) is 0.314. The van der Waals surface area contributed by atoms with Gasteiger partial charge in [-0.1, -0.05) is 5.11 Å². The van der Waals surface area contributed by atoms with Crippen molar-refractivity contribution in [2.24, 2.45) is 5.11 Å². The van der Waals surface area contributed by atoms with E-state index in [-0.39, 0.29) is 24.0 Å². The molecule has 1 saturated carbocycles. The van der Waals surface area contributed by atoms with E-state index < -0.39 is 0 Å². The zero-order chi connectivity index (χ0) is 22.8. The molecule has 0 radical (unpaired) electrons. The van der Waals surface area contributed by atoms with Gasteiger partial charge in [-0.15, -0.1) is 0 Å². The van der Waals surface area contributed by atoms with Crippen LogP contribution in [0.1, 0.15) is 44.6 Å². The second kappa shape index (κ2) is 9.25. The number of hydrogen-bond acceptors (Lipinski definition) is 6. The van der Waals surface area contributed by atoms with Crippen LogP contribution in [-0.4, -0.2) is 39.9 Å². The first-order valence-electron chi connectivity index (χ1n) is 11.3. The Hall–Kier alpha value is -3.36. The molecule has 0 amide bonds. The van der Waals surface area contributed by atoms with Crippen LogP contribution in [0, 0.1) is 5.82 Å². The van der Waals surface area contributed by atoms with E-state index in [0.29, 0.717) is 40.3 Å². The van der Waals surface area contributed by atoms with Crippen molar-refractivity contribution in [3.63, 3.8) is 0 Å². The fourth-order valence-electron chi connectivity index (χ4n) is 4.88. The molecular formula is C23H26FN7O2. The molecule has 1 aromatic carbocycles. The Bertz CT molecular complexity index is 1190. The summed E-state index contributed by atoms with van der Waals surface area (Å²) in [5.41, 5.74) is 16.7. The lowest BCUT2D eigenvalue weighted by Gasteiger charge is -2.27. The summed E-state index contributed by atoms with van der Waals surface area (Å²) in [5.74, 6) is 0.517. The first-order valence-corrected chi connectivity index (χ1v) is 11.3. The van der Waals surface area contributed by atoms with Gasteiger partial charge in [0.15, 0.2) is 0 Å².